The van der Waals surface area contributed by atoms with Crippen molar-refractivity contribution < 1.29 is 19.1 Å². The van der Waals surface area contributed by atoms with Crippen LogP contribution in [0.2, 0.25) is 0 Å². The molecule has 0 bridgehead atoms. The number of amides is 2. The molecule has 4 rings (SSSR count). The summed E-state index contributed by atoms with van der Waals surface area (Å²) in [6.45, 7) is 5.01. The minimum atomic E-state index is 0.0383. The highest BCUT2D eigenvalue weighted by molar-refractivity contribution is 5.86. The molecule has 2 amide bonds. The fourth-order valence-corrected chi connectivity index (χ4v) is 4.35. The van der Waals surface area contributed by atoms with Gasteiger partial charge in [0.15, 0.2) is 11.5 Å². The molecule has 0 radical (unpaired) electrons. The first-order valence-corrected chi connectivity index (χ1v) is 9.47. The van der Waals surface area contributed by atoms with Crippen LogP contribution in [0.4, 0.5) is 0 Å². The molecule has 0 aromatic heterocycles. The highest BCUT2D eigenvalue weighted by Gasteiger charge is 2.35. The molecule has 140 valence electrons. The molecule has 1 aromatic carbocycles. The minimum absolute atomic E-state index is 0.0383. The first-order valence-electron chi connectivity index (χ1n) is 9.47. The maximum absolute atomic E-state index is 12.7. The van der Waals surface area contributed by atoms with Gasteiger partial charge in [0.25, 0.3) is 0 Å². The zero-order valence-electron chi connectivity index (χ0n) is 15.3. The van der Waals surface area contributed by atoms with E-state index in [0.717, 1.165) is 50.3 Å². The highest BCUT2D eigenvalue weighted by atomic mass is 16.7. The third-order valence-corrected chi connectivity index (χ3v) is 5.70. The number of piperidine rings is 1. The fraction of sp³-hybridized carbons (Fsp3) is 0.600. The summed E-state index contributed by atoms with van der Waals surface area (Å²) in [5.74, 6) is 1.80. The van der Waals surface area contributed by atoms with Crippen molar-refractivity contribution in [1.29, 1.82) is 0 Å². The lowest BCUT2D eigenvalue weighted by Crippen LogP contribution is -2.49. The predicted octanol–water partition coefficient (Wildman–Crippen LogP) is 2.21. The van der Waals surface area contributed by atoms with E-state index in [2.05, 4.69) is 19.1 Å². The number of rotatable bonds is 4. The molecule has 3 aliphatic heterocycles. The normalized spacial score (nSPS) is 25.0. The average Bonchev–Trinajstić information content (AvgIpc) is 3.23. The molecule has 1 atom stereocenters. The van der Waals surface area contributed by atoms with Gasteiger partial charge in [-0.2, -0.15) is 0 Å². The number of hydrogen-bond acceptors (Lipinski definition) is 4. The summed E-state index contributed by atoms with van der Waals surface area (Å²) in [6.07, 6.45) is 4.44. The number of benzene rings is 1. The average molecular weight is 358 g/mol. The van der Waals surface area contributed by atoms with Crippen LogP contribution in [0.5, 0.6) is 11.5 Å². The summed E-state index contributed by atoms with van der Waals surface area (Å²) in [6, 6.07) is 6.10. The second kappa shape index (κ2) is 6.82. The largest absolute Gasteiger partial charge is 0.454 e. The molecule has 0 aliphatic carbocycles. The molecule has 3 heterocycles. The third kappa shape index (κ3) is 3.50. The van der Waals surface area contributed by atoms with Crippen LogP contribution in [0.3, 0.4) is 0 Å². The minimum Gasteiger partial charge on any atom is -0.454 e. The van der Waals surface area contributed by atoms with Gasteiger partial charge in [-0.05, 0) is 48.8 Å². The van der Waals surface area contributed by atoms with Crippen LogP contribution in [0.25, 0.3) is 0 Å². The summed E-state index contributed by atoms with van der Waals surface area (Å²) >= 11 is 0. The second-order valence-corrected chi connectivity index (χ2v) is 8.01. The van der Waals surface area contributed by atoms with Crippen LogP contribution < -0.4 is 9.47 Å². The Labute approximate surface area is 154 Å². The molecule has 1 unspecified atom stereocenters. The molecule has 0 spiro atoms. The zero-order valence-corrected chi connectivity index (χ0v) is 15.3. The summed E-state index contributed by atoms with van der Waals surface area (Å²) in [5, 5.41) is 0. The number of nitrogens with zero attached hydrogens (tertiary/aromatic N) is 2. The number of likely N-dealkylation sites (tertiary alicyclic amines) is 2. The van der Waals surface area contributed by atoms with E-state index in [4.69, 9.17) is 9.47 Å². The molecule has 0 saturated carbocycles. The molecule has 1 aromatic rings. The van der Waals surface area contributed by atoms with Crippen LogP contribution in [0.1, 0.15) is 38.2 Å². The van der Waals surface area contributed by atoms with Crippen molar-refractivity contribution in [2.45, 2.75) is 39.0 Å². The molecular formula is C20H26N2O4. The van der Waals surface area contributed by atoms with Crippen molar-refractivity contribution in [3.8, 4) is 11.5 Å². The first-order chi connectivity index (χ1) is 12.5. The summed E-state index contributed by atoms with van der Waals surface area (Å²) in [5.41, 5.74) is 1.25. The molecule has 2 fully saturated rings. The molecule has 2 saturated heterocycles. The van der Waals surface area contributed by atoms with Crippen LogP contribution in [0.15, 0.2) is 18.2 Å². The Morgan fingerprint density at radius 1 is 1.19 bits per heavy atom. The number of fused-ring (bicyclic) bond motifs is 1. The Morgan fingerprint density at radius 3 is 2.85 bits per heavy atom. The topological polar surface area (TPSA) is 59.1 Å². The SMILES string of the molecule is CC1(Cc2ccc3c(c2)OCO3)CCCN(C(=O)CN2CCCC2=O)C1. The van der Waals surface area contributed by atoms with E-state index in [9.17, 15) is 9.59 Å². The quantitative estimate of drug-likeness (QED) is 0.828. The van der Waals surface area contributed by atoms with Gasteiger partial charge < -0.3 is 19.3 Å². The molecule has 6 heteroatoms. The van der Waals surface area contributed by atoms with Crippen molar-refractivity contribution in [2.24, 2.45) is 5.41 Å². The van der Waals surface area contributed by atoms with Gasteiger partial charge in [-0.1, -0.05) is 13.0 Å². The van der Waals surface area contributed by atoms with Gasteiger partial charge >= 0.3 is 0 Å². The van der Waals surface area contributed by atoms with Crippen LogP contribution in [-0.2, 0) is 16.0 Å². The number of hydrogen-bond donors (Lipinski definition) is 0. The van der Waals surface area contributed by atoms with Gasteiger partial charge in [0, 0.05) is 26.1 Å². The summed E-state index contributed by atoms with van der Waals surface area (Å²) < 4.78 is 10.9. The molecule has 26 heavy (non-hydrogen) atoms. The van der Waals surface area contributed by atoms with E-state index in [1.807, 2.05) is 11.0 Å². The number of carbonyl (C=O) groups excluding carboxylic acids is 2. The second-order valence-electron chi connectivity index (χ2n) is 8.01. The van der Waals surface area contributed by atoms with Crippen LogP contribution in [0, 0.1) is 5.41 Å². The zero-order chi connectivity index (χ0) is 18.1. The van der Waals surface area contributed by atoms with E-state index in [0.29, 0.717) is 13.0 Å². The van der Waals surface area contributed by atoms with Crippen molar-refractivity contribution >= 4 is 11.8 Å². The van der Waals surface area contributed by atoms with E-state index >= 15 is 0 Å². The maximum Gasteiger partial charge on any atom is 0.242 e. The Bertz CT molecular complexity index is 720. The van der Waals surface area contributed by atoms with Crippen molar-refractivity contribution in [3.05, 3.63) is 23.8 Å². The summed E-state index contributed by atoms with van der Waals surface area (Å²) in [7, 11) is 0. The van der Waals surface area contributed by atoms with E-state index in [-0.39, 0.29) is 30.6 Å². The van der Waals surface area contributed by atoms with Gasteiger partial charge in [-0.25, -0.2) is 0 Å². The number of carbonyl (C=O) groups is 2. The van der Waals surface area contributed by atoms with E-state index in [1.165, 1.54) is 5.56 Å². The lowest BCUT2D eigenvalue weighted by Gasteiger charge is -2.41. The van der Waals surface area contributed by atoms with Gasteiger partial charge in [0.05, 0.1) is 6.54 Å². The van der Waals surface area contributed by atoms with Crippen LogP contribution in [-0.4, -0.2) is 54.6 Å². The predicted molar refractivity (Wildman–Crippen MR) is 96.0 cm³/mol. The maximum atomic E-state index is 12.7. The van der Waals surface area contributed by atoms with Gasteiger partial charge in [0.1, 0.15) is 0 Å². The molecule has 0 N–H and O–H groups in total. The smallest absolute Gasteiger partial charge is 0.242 e. The van der Waals surface area contributed by atoms with E-state index < -0.39 is 0 Å². The molecule has 3 aliphatic rings. The van der Waals surface area contributed by atoms with Gasteiger partial charge in [-0.15, -0.1) is 0 Å². The summed E-state index contributed by atoms with van der Waals surface area (Å²) in [4.78, 5) is 28.1. The van der Waals surface area contributed by atoms with Gasteiger partial charge in [-0.3, -0.25) is 9.59 Å². The van der Waals surface area contributed by atoms with Crippen molar-refractivity contribution in [1.82, 2.24) is 9.80 Å². The first kappa shape index (κ1) is 17.2. The Balaban J connectivity index is 1.40. The third-order valence-electron chi connectivity index (χ3n) is 5.70. The van der Waals surface area contributed by atoms with Crippen molar-refractivity contribution in [2.75, 3.05) is 33.0 Å². The van der Waals surface area contributed by atoms with E-state index in [1.54, 1.807) is 4.90 Å². The molecule has 6 nitrogen and oxygen atoms in total. The lowest BCUT2D eigenvalue weighted by atomic mass is 9.77. The number of ether oxygens (including phenoxy) is 2. The lowest BCUT2D eigenvalue weighted by molar-refractivity contribution is -0.140. The Kier molecular flexibility index (Phi) is 4.51. The standard InChI is InChI=1S/C20H26N2O4/c1-20(11-15-5-6-16-17(10-15)26-14-25-16)7-3-9-22(13-20)19(24)12-21-8-2-4-18(21)23/h5-6,10H,2-4,7-9,11-14H2,1H3. The van der Waals surface area contributed by atoms with Crippen molar-refractivity contribution in [3.63, 3.8) is 0 Å². The van der Waals surface area contributed by atoms with Crippen LogP contribution >= 0.6 is 0 Å². The highest BCUT2D eigenvalue weighted by Crippen LogP contribution is 2.37. The van der Waals surface area contributed by atoms with Gasteiger partial charge in [0.2, 0.25) is 18.6 Å². The monoisotopic (exact) mass is 358 g/mol. The fourth-order valence-electron chi connectivity index (χ4n) is 4.35. The Hall–Kier alpha value is -2.24. The molecular weight excluding hydrogens is 332 g/mol. The Morgan fingerprint density at radius 2 is 2.04 bits per heavy atom.